The first-order valence-electron chi connectivity index (χ1n) is 6.67. The van der Waals surface area contributed by atoms with Crippen LogP contribution in [-0.2, 0) is 4.79 Å². The zero-order valence-electron chi connectivity index (χ0n) is 11.5. The molecule has 116 valence electrons. The van der Waals surface area contributed by atoms with Gasteiger partial charge in [0, 0.05) is 10.9 Å². The number of amides is 1. The number of carbonyl (C=O) groups is 1. The van der Waals surface area contributed by atoms with E-state index in [1.165, 1.54) is 0 Å². The third-order valence-corrected chi connectivity index (χ3v) is 3.67. The molecule has 1 aliphatic rings. The van der Waals surface area contributed by atoms with Crippen LogP contribution in [0.4, 0.5) is 8.78 Å². The van der Waals surface area contributed by atoms with Crippen molar-refractivity contribution >= 4 is 21.8 Å². The van der Waals surface area contributed by atoms with Gasteiger partial charge in [-0.2, -0.15) is 0 Å². The van der Waals surface area contributed by atoms with Crippen LogP contribution in [0.2, 0.25) is 0 Å². The van der Waals surface area contributed by atoms with Crippen molar-refractivity contribution in [2.45, 2.75) is 31.4 Å². The van der Waals surface area contributed by atoms with Gasteiger partial charge >= 0.3 is 0 Å². The zero-order chi connectivity index (χ0) is 15.5. The molecule has 1 heterocycles. The smallest absolute Gasteiger partial charge is 0.262 e. The van der Waals surface area contributed by atoms with Crippen LogP contribution in [0.5, 0.6) is 5.75 Å². The van der Waals surface area contributed by atoms with Crippen LogP contribution in [-0.4, -0.2) is 37.1 Å². The summed E-state index contributed by atoms with van der Waals surface area (Å²) in [5.41, 5.74) is 0. The van der Waals surface area contributed by atoms with Gasteiger partial charge in [-0.1, -0.05) is 15.9 Å². The van der Waals surface area contributed by atoms with E-state index in [-0.39, 0.29) is 12.6 Å². The summed E-state index contributed by atoms with van der Waals surface area (Å²) in [5, 5.41) is 5.14. The molecule has 0 bridgehead atoms. The van der Waals surface area contributed by atoms with Crippen LogP contribution in [0, 0.1) is 0 Å². The molecular weight excluding hydrogens is 346 g/mol. The Hall–Kier alpha value is -1.21. The van der Waals surface area contributed by atoms with Gasteiger partial charge in [0.2, 0.25) is 5.91 Å². The molecule has 4 nitrogen and oxygen atoms in total. The van der Waals surface area contributed by atoms with Crippen LogP contribution in [0.1, 0.15) is 13.3 Å². The Kier molecular flexibility index (Phi) is 5.16. The molecule has 2 N–H and O–H groups in total. The Labute approximate surface area is 130 Å². The van der Waals surface area contributed by atoms with Gasteiger partial charge in [0.25, 0.3) is 5.92 Å². The molecule has 2 atom stereocenters. The summed E-state index contributed by atoms with van der Waals surface area (Å²) in [6.45, 7) is 1.62. The zero-order valence-corrected chi connectivity index (χ0v) is 13.1. The van der Waals surface area contributed by atoms with Crippen molar-refractivity contribution in [3.05, 3.63) is 28.7 Å². The van der Waals surface area contributed by atoms with Gasteiger partial charge in [-0.15, -0.1) is 0 Å². The molecule has 7 heteroatoms. The lowest BCUT2D eigenvalue weighted by Gasteiger charge is -2.17. The highest BCUT2D eigenvalue weighted by Gasteiger charge is 2.42. The molecule has 21 heavy (non-hydrogen) atoms. The number of benzene rings is 1. The molecule has 2 rings (SSSR count). The first-order chi connectivity index (χ1) is 9.85. The quantitative estimate of drug-likeness (QED) is 0.845. The minimum absolute atomic E-state index is 0.253. The van der Waals surface area contributed by atoms with Crippen molar-refractivity contribution in [3.63, 3.8) is 0 Å². The number of ether oxygens (including phenoxy) is 1. The summed E-state index contributed by atoms with van der Waals surface area (Å²) in [5.74, 6) is -2.54. The summed E-state index contributed by atoms with van der Waals surface area (Å²) in [4.78, 5) is 11.8. The molecule has 1 amide bonds. The van der Waals surface area contributed by atoms with Crippen molar-refractivity contribution in [1.29, 1.82) is 0 Å². The maximum atomic E-state index is 13.0. The van der Waals surface area contributed by atoms with Crippen LogP contribution in [0.25, 0.3) is 0 Å². The van der Waals surface area contributed by atoms with Gasteiger partial charge in [-0.25, -0.2) is 8.78 Å². The summed E-state index contributed by atoms with van der Waals surface area (Å²) >= 11 is 3.33. The SMILES string of the molecule is CC(CNC(=O)C1CC(F)(F)CN1)Oc1ccc(Br)cc1. The van der Waals surface area contributed by atoms with Gasteiger partial charge in [0.1, 0.15) is 11.9 Å². The Morgan fingerprint density at radius 2 is 2.19 bits per heavy atom. The van der Waals surface area contributed by atoms with Crippen LogP contribution < -0.4 is 15.4 Å². The van der Waals surface area contributed by atoms with E-state index >= 15 is 0 Å². The lowest BCUT2D eigenvalue weighted by Crippen LogP contribution is -2.43. The number of nitrogens with one attached hydrogen (secondary N) is 2. The summed E-state index contributed by atoms with van der Waals surface area (Å²) in [6, 6.07) is 6.49. The second kappa shape index (κ2) is 6.70. The Morgan fingerprint density at radius 1 is 1.52 bits per heavy atom. The van der Waals surface area contributed by atoms with E-state index in [0.29, 0.717) is 5.75 Å². The molecule has 1 fully saturated rings. The predicted octanol–water partition coefficient (Wildman–Crippen LogP) is 2.33. The van der Waals surface area contributed by atoms with E-state index in [2.05, 4.69) is 26.6 Å². The van der Waals surface area contributed by atoms with E-state index in [1.54, 1.807) is 6.92 Å². The second-order valence-electron chi connectivity index (χ2n) is 5.12. The molecule has 1 aromatic carbocycles. The molecule has 0 radical (unpaired) electrons. The minimum atomic E-state index is -2.80. The van der Waals surface area contributed by atoms with Crippen LogP contribution in [0.15, 0.2) is 28.7 Å². The van der Waals surface area contributed by atoms with E-state index < -0.39 is 30.8 Å². The van der Waals surface area contributed by atoms with Crippen molar-refractivity contribution < 1.29 is 18.3 Å². The van der Waals surface area contributed by atoms with E-state index in [4.69, 9.17) is 4.74 Å². The lowest BCUT2D eigenvalue weighted by atomic mass is 10.2. The molecule has 0 saturated carbocycles. The standard InChI is InChI=1S/C14H17BrF2N2O2/c1-9(21-11-4-2-10(15)3-5-11)7-18-13(20)12-6-14(16,17)8-19-12/h2-5,9,12,19H,6-8H2,1H3,(H,18,20). The molecule has 0 aromatic heterocycles. The van der Waals surface area contributed by atoms with Gasteiger partial charge in [-0.05, 0) is 31.2 Å². The third kappa shape index (κ3) is 4.93. The maximum absolute atomic E-state index is 13.0. The highest BCUT2D eigenvalue weighted by Crippen LogP contribution is 2.25. The predicted molar refractivity (Wildman–Crippen MR) is 78.6 cm³/mol. The van der Waals surface area contributed by atoms with Crippen molar-refractivity contribution in [1.82, 2.24) is 10.6 Å². The minimum Gasteiger partial charge on any atom is -0.489 e. The fraction of sp³-hybridized carbons (Fsp3) is 0.500. The normalized spacial score (nSPS) is 21.8. The van der Waals surface area contributed by atoms with Gasteiger partial charge in [0.05, 0.1) is 19.1 Å². The molecule has 0 spiro atoms. The van der Waals surface area contributed by atoms with Crippen LogP contribution >= 0.6 is 15.9 Å². The molecule has 1 aromatic rings. The van der Waals surface area contributed by atoms with E-state index in [9.17, 15) is 13.6 Å². The van der Waals surface area contributed by atoms with Crippen molar-refractivity contribution in [2.75, 3.05) is 13.1 Å². The number of rotatable bonds is 5. The topological polar surface area (TPSA) is 50.4 Å². The Balaban J connectivity index is 1.75. The molecule has 2 unspecified atom stereocenters. The molecular formula is C14H17BrF2N2O2. The first kappa shape index (κ1) is 16.2. The first-order valence-corrected chi connectivity index (χ1v) is 7.46. The van der Waals surface area contributed by atoms with Gasteiger partial charge in [0.15, 0.2) is 0 Å². The number of hydrogen-bond acceptors (Lipinski definition) is 3. The Bertz CT molecular complexity index is 496. The number of halogens is 3. The van der Waals surface area contributed by atoms with Crippen LogP contribution in [0.3, 0.4) is 0 Å². The second-order valence-corrected chi connectivity index (χ2v) is 6.04. The highest BCUT2D eigenvalue weighted by atomic mass is 79.9. The lowest BCUT2D eigenvalue weighted by molar-refractivity contribution is -0.123. The monoisotopic (exact) mass is 362 g/mol. The molecule has 1 aliphatic heterocycles. The van der Waals surface area contributed by atoms with Crippen molar-refractivity contribution in [3.8, 4) is 5.75 Å². The van der Waals surface area contributed by atoms with Gasteiger partial charge < -0.3 is 10.1 Å². The average molecular weight is 363 g/mol. The van der Waals surface area contributed by atoms with E-state index in [0.717, 1.165) is 4.47 Å². The van der Waals surface area contributed by atoms with Crippen molar-refractivity contribution in [2.24, 2.45) is 0 Å². The largest absolute Gasteiger partial charge is 0.489 e. The van der Waals surface area contributed by atoms with Gasteiger partial charge in [-0.3, -0.25) is 10.1 Å². The molecule has 1 saturated heterocycles. The summed E-state index contributed by atoms with van der Waals surface area (Å²) in [7, 11) is 0. The number of hydrogen-bond donors (Lipinski definition) is 2. The number of alkyl halides is 2. The maximum Gasteiger partial charge on any atom is 0.262 e. The molecule has 0 aliphatic carbocycles. The highest BCUT2D eigenvalue weighted by molar-refractivity contribution is 9.10. The third-order valence-electron chi connectivity index (χ3n) is 3.14. The summed E-state index contributed by atoms with van der Waals surface area (Å²) < 4.78 is 32.6. The summed E-state index contributed by atoms with van der Waals surface area (Å²) in [6.07, 6.45) is -0.710. The number of carbonyl (C=O) groups excluding carboxylic acids is 1. The van der Waals surface area contributed by atoms with E-state index in [1.807, 2.05) is 24.3 Å². The average Bonchev–Trinajstić information content (AvgIpc) is 2.79. The fourth-order valence-electron chi connectivity index (χ4n) is 2.06. The fourth-order valence-corrected chi connectivity index (χ4v) is 2.32. The Morgan fingerprint density at radius 3 is 2.76 bits per heavy atom.